The van der Waals surface area contributed by atoms with Gasteiger partial charge in [-0.15, -0.1) is 0 Å². The molecule has 3 aliphatic rings. The number of benzene rings is 2. The molecule has 0 nitrogen and oxygen atoms in total. The van der Waals surface area contributed by atoms with Crippen LogP contribution in [0.2, 0.25) is 9.26 Å². The molecule has 2 aromatic carbocycles. The predicted octanol–water partition coefficient (Wildman–Crippen LogP) is 7.33. The fourth-order valence-corrected chi connectivity index (χ4v) is 19.2. The number of allylic oxidation sites excluding steroid dienone is 4. The summed E-state index contributed by atoms with van der Waals surface area (Å²) in [5.74, 6) is 0. The van der Waals surface area contributed by atoms with Gasteiger partial charge in [-0.1, -0.05) is 0 Å². The maximum absolute atomic E-state index is 2.70. The van der Waals surface area contributed by atoms with E-state index in [1.165, 1.54) is 11.1 Å². The predicted molar refractivity (Wildman–Crippen MR) is 109 cm³/mol. The van der Waals surface area contributed by atoms with Gasteiger partial charge in [-0.3, -0.25) is 0 Å². The van der Waals surface area contributed by atoms with Crippen molar-refractivity contribution in [3.05, 3.63) is 81.9 Å². The first-order valence-corrected chi connectivity index (χ1v) is 17.6. The zero-order valence-corrected chi connectivity index (χ0v) is 19.2. The van der Waals surface area contributed by atoms with Crippen LogP contribution in [-0.4, -0.2) is 0 Å². The van der Waals surface area contributed by atoms with Crippen molar-refractivity contribution in [1.82, 2.24) is 0 Å². The van der Waals surface area contributed by atoms with Gasteiger partial charge in [0.05, 0.1) is 0 Å². The van der Waals surface area contributed by atoms with Crippen LogP contribution in [-0.2, 0) is 20.3 Å². The Morgan fingerprint density at radius 1 is 0.692 bits per heavy atom. The van der Waals surface area contributed by atoms with E-state index < -0.39 is 20.3 Å². The van der Waals surface area contributed by atoms with Gasteiger partial charge in [-0.2, -0.15) is 0 Å². The van der Waals surface area contributed by atoms with Gasteiger partial charge in [0, 0.05) is 0 Å². The first kappa shape index (κ1) is 16.9. The first-order valence-electron chi connectivity index (χ1n) is 9.89. The third-order valence-corrected chi connectivity index (χ3v) is 18.4. The Morgan fingerprint density at radius 3 is 1.50 bits per heavy atom. The number of hydrogen-bond acceptors (Lipinski definition) is 0. The van der Waals surface area contributed by atoms with Crippen molar-refractivity contribution in [2.45, 2.75) is 44.2 Å². The first-order chi connectivity index (χ1) is 12.3. The molecule has 0 amide bonds. The molecule has 132 valence electrons. The molecular weight excluding hydrogens is 391 g/mol. The van der Waals surface area contributed by atoms with Crippen LogP contribution in [0.1, 0.15) is 57.2 Å². The molecule has 1 heterocycles. The molecule has 4 bridgehead atoms. The third kappa shape index (κ3) is 1.84. The Balaban J connectivity index is 1.93. The van der Waals surface area contributed by atoms with E-state index in [-0.39, 0.29) is 5.41 Å². The molecule has 0 spiro atoms. The van der Waals surface area contributed by atoms with Crippen molar-refractivity contribution in [3.63, 3.8) is 0 Å². The Labute approximate surface area is 162 Å². The minimum atomic E-state index is -2.58. The Bertz CT molecular complexity index is 936. The van der Waals surface area contributed by atoms with Gasteiger partial charge in [-0.25, -0.2) is 0 Å². The van der Waals surface area contributed by atoms with Crippen LogP contribution in [0.3, 0.4) is 0 Å². The number of fused-ring (bicyclic) bond motifs is 8. The van der Waals surface area contributed by atoms with E-state index in [0.717, 1.165) is 0 Å². The van der Waals surface area contributed by atoms with Crippen LogP contribution in [0.15, 0.2) is 59.7 Å². The van der Waals surface area contributed by atoms with Crippen LogP contribution in [0.5, 0.6) is 0 Å². The van der Waals surface area contributed by atoms with Gasteiger partial charge in [-0.05, 0) is 0 Å². The second-order valence-corrected chi connectivity index (χ2v) is 21.4. The number of rotatable bonds is 0. The minimum absolute atomic E-state index is 0.0617. The molecule has 2 aromatic rings. The molecule has 2 aliphatic carbocycles. The Kier molecular flexibility index (Phi) is 3.39. The topological polar surface area (TPSA) is 0 Å². The van der Waals surface area contributed by atoms with Crippen molar-refractivity contribution in [1.29, 1.82) is 0 Å². The summed E-state index contributed by atoms with van der Waals surface area (Å²) in [6, 6.07) is 18.6. The van der Waals surface area contributed by atoms with E-state index >= 15 is 0 Å². The van der Waals surface area contributed by atoms with E-state index in [1.807, 2.05) is 0 Å². The van der Waals surface area contributed by atoms with Gasteiger partial charge in [0.15, 0.2) is 0 Å². The summed E-state index contributed by atoms with van der Waals surface area (Å²) in [5.41, 5.74) is 13.0. The van der Waals surface area contributed by atoms with E-state index in [4.69, 9.17) is 0 Å². The van der Waals surface area contributed by atoms with Crippen LogP contribution in [0.25, 0.3) is 11.1 Å². The monoisotopic (exact) mass is 418 g/mol. The van der Waals surface area contributed by atoms with Gasteiger partial charge >= 0.3 is 163 Å². The molecule has 0 saturated carbocycles. The number of hydrogen-bond donors (Lipinski definition) is 0. The Hall–Kier alpha value is -1.20. The summed E-state index contributed by atoms with van der Waals surface area (Å²) in [6.45, 7) is 9.84. The van der Waals surface area contributed by atoms with Crippen LogP contribution >= 0.6 is 0 Å². The summed E-state index contributed by atoms with van der Waals surface area (Å²) in [4.78, 5) is 0. The van der Waals surface area contributed by atoms with E-state index in [0.29, 0.717) is 7.25 Å². The SMILES string of the molecule is CC1=C2c3ccccc3[CH]1[Zr]([CH3])([CH3])[CH]1C(C)=C(c3ccccc31)C2(C)C. The molecule has 0 saturated heterocycles. The summed E-state index contributed by atoms with van der Waals surface area (Å²) in [5, 5.41) is 0. The molecule has 0 aromatic heterocycles. The standard InChI is InChI=1S/C23H22.2CH3.Zr/c1-15-13-17-9-5-7-11-19(17)21(15)23(3,4)22-16(2)14-18-10-6-8-12-20(18)22;;;/h5-14H,1-4H3;2*1H3;. The van der Waals surface area contributed by atoms with E-state index in [2.05, 4.69) is 85.5 Å². The van der Waals surface area contributed by atoms with Crippen LogP contribution in [0.4, 0.5) is 0 Å². The van der Waals surface area contributed by atoms with Crippen molar-refractivity contribution in [2.75, 3.05) is 0 Å². The van der Waals surface area contributed by atoms with Gasteiger partial charge in [0.25, 0.3) is 0 Å². The van der Waals surface area contributed by atoms with E-state index in [9.17, 15) is 0 Å². The third-order valence-electron chi connectivity index (χ3n) is 7.47. The second-order valence-electron chi connectivity index (χ2n) is 9.60. The average Bonchev–Trinajstić information content (AvgIpc) is 3.06. The summed E-state index contributed by atoms with van der Waals surface area (Å²) >= 11 is -2.58. The zero-order valence-electron chi connectivity index (χ0n) is 16.8. The zero-order chi connectivity index (χ0) is 18.4. The van der Waals surface area contributed by atoms with Crippen molar-refractivity contribution >= 4 is 11.1 Å². The van der Waals surface area contributed by atoms with Crippen LogP contribution < -0.4 is 0 Å². The average molecular weight is 420 g/mol. The molecule has 0 radical (unpaired) electrons. The van der Waals surface area contributed by atoms with Crippen LogP contribution in [0, 0.1) is 5.41 Å². The summed E-state index contributed by atoms with van der Waals surface area (Å²) in [7, 11) is 0. The quantitative estimate of drug-likeness (QED) is 0.419. The second kappa shape index (κ2) is 5.20. The summed E-state index contributed by atoms with van der Waals surface area (Å²) < 4.78 is 6.80. The molecule has 26 heavy (non-hydrogen) atoms. The molecular formula is C25H28Zr. The van der Waals surface area contributed by atoms with Gasteiger partial charge < -0.3 is 0 Å². The molecule has 2 unspecified atom stereocenters. The van der Waals surface area contributed by atoms with Gasteiger partial charge in [0.1, 0.15) is 0 Å². The van der Waals surface area contributed by atoms with Crippen molar-refractivity contribution in [2.24, 2.45) is 5.41 Å². The molecule has 1 aliphatic heterocycles. The van der Waals surface area contributed by atoms with E-state index in [1.54, 1.807) is 33.4 Å². The summed E-state index contributed by atoms with van der Waals surface area (Å²) in [6.07, 6.45) is 0. The van der Waals surface area contributed by atoms with Gasteiger partial charge in [0.2, 0.25) is 0 Å². The molecule has 1 heteroatoms. The Morgan fingerprint density at radius 2 is 1.08 bits per heavy atom. The molecule has 2 atom stereocenters. The fourth-order valence-electron chi connectivity index (χ4n) is 7.00. The molecule has 0 N–H and O–H groups in total. The fraction of sp³-hybridized carbons (Fsp3) is 0.360. The molecule has 0 fully saturated rings. The van der Waals surface area contributed by atoms with Crippen molar-refractivity contribution < 1.29 is 20.3 Å². The van der Waals surface area contributed by atoms with Crippen molar-refractivity contribution in [3.8, 4) is 0 Å². The molecule has 5 rings (SSSR count). The normalized spacial score (nSPS) is 27.2. The maximum atomic E-state index is 2.70.